The molecule has 7 heteroatoms. The van der Waals surface area contributed by atoms with Crippen molar-refractivity contribution in [2.75, 3.05) is 0 Å². The monoisotopic (exact) mass is 331 g/mol. The standard InChI is InChI=1S/C15H12N2O3S2/c1-9-2-5-22-12(9)6-11(7-13(18)19)15-16-14(17-20-15)10-3-4-21-8-10/h2-6,8H,7H2,1H3,(H,18,19)/p-1/b11-6+. The number of carboxylic acid groups (broad SMARTS) is 1. The number of carbonyl (C=O) groups is 1. The summed E-state index contributed by atoms with van der Waals surface area (Å²) >= 11 is 3.06. The molecule has 0 amide bonds. The molecule has 0 aliphatic carbocycles. The summed E-state index contributed by atoms with van der Waals surface area (Å²) in [5.41, 5.74) is 2.36. The first-order chi connectivity index (χ1) is 10.6. The number of hydrogen-bond acceptors (Lipinski definition) is 7. The number of carbonyl (C=O) groups excluding carboxylic acids is 1. The zero-order valence-electron chi connectivity index (χ0n) is 11.6. The van der Waals surface area contributed by atoms with Gasteiger partial charge in [0, 0.05) is 33.8 Å². The van der Waals surface area contributed by atoms with Crippen LogP contribution < -0.4 is 5.11 Å². The lowest BCUT2D eigenvalue weighted by molar-refractivity contribution is -0.304. The van der Waals surface area contributed by atoms with Crippen molar-refractivity contribution in [3.05, 3.63) is 44.6 Å². The van der Waals surface area contributed by atoms with Crippen molar-refractivity contribution in [3.8, 4) is 11.4 Å². The summed E-state index contributed by atoms with van der Waals surface area (Å²) in [7, 11) is 0. The van der Waals surface area contributed by atoms with Gasteiger partial charge in [0.15, 0.2) is 0 Å². The van der Waals surface area contributed by atoms with Crippen LogP contribution in [0.3, 0.4) is 0 Å². The minimum absolute atomic E-state index is 0.207. The molecule has 0 aromatic carbocycles. The predicted molar refractivity (Wildman–Crippen MR) is 84.2 cm³/mol. The number of aromatic nitrogens is 2. The fraction of sp³-hybridized carbons (Fsp3) is 0.133. The Labute approximate surface area is 134 Å². The molecule has 0 spiro atoms. The topological polar surface area (TPSA) is 79.0 Å². The molecular formula is C15H11N2O3S2-. The summed E-state index contributed by atoms with van der Waals surface area (Å²) < 4.78 is 5.23. The van der Waals surface area contributed by atoms with Gasteiger partial charge in [-0.1, -0.05) is 5.16 Å². The third-order valence-electron chi connectivity index (χ3n) is 3.02. The van der Waals surface area contributed by atoms with Crippen LogP contribution in [0.25, 0.3) is 23.0 Å². The Bertz CT molecular complexity index is 816. The molecule has 112 valence electrons. The second-order valence-electron chi connectivity index (χ2n) is 4.62. The van der Waals surface area contributed by atoms with Crippen LogP contribution in [0, 0.1) is 6.92 Å². The van der Waals surface area contributed by atoms with E-state index >= 15 is 0 Å². The van der Waals surface area contributed by atoms with Crippen molar-refractivity contribution in [1.82, 2.24) is 10.1 Å². The maximum Gasteiger partial charge on any atom is 0.254 e. The summed E-state index contributed by atoms with van der Waals surface area (Å²) in [6.07, 6.45) is 1.49. The van der Waals surface area contributed by atoms with Gasteiger partial charge in [-0.3, -0.25) is 0 Å². The Morgan fingerprint density at radius 3 is 2.91 bits per heavy atom. The lowest BCUT2D eigenvalue weighted by Gasteiger charge is -2.03. The molecule has 0 saturated heterocycles. The van der Waals surface area contributed by atoms with Gasteiger partial charge in [-0.15, -0.1) is 11.3 Å². The Balaban J connectivity index is 1.98. The molecule has 0 unspecified atom stereocenters. The number of thiophene rings is 2. The molecule has 3 heterocycles. The van der Waals surface area contributed by atoms with Crippen LogP contribution in [0.15, 0.2) is 32.8 Å². The Morgan fingerprint density at radius 2 is 2.27 bits per heavy atom. The van der Waals surface area contributed by atoms with Gasteiger partial charge in [0.2, 0.25) is 5.82 Å². The number of nitrogens with zero attached hydrogens (tertiary/aromatic N) is 2. The molecule has 0 aliphatic heterocycles. The molecule has 3 aromatic rings. The molecule has 0 bridgehead atoms. The maximum atomic E-state index is 11.0. The summed E-state index contributed by atoms with van der Waals surface area (Å²) in [6, 6.07) is 3.85. The minimum Gasteiger partial charge on any atom is -0.550 e. The van der Waals surface area contributed by atoms with Crippen molar-refractivity contribution >= 4 is 40.3 Å². The molecule has 5 nitrogen and oxygen atoms in total. The van der Waals surface area contributed by atoms with Crippen molar-refractivity contribution in [2.24, 2.45) is 0 Å². The summed E-state index contributed by atoms with van der Waals surface area (Å²) in [5, 5.41) is 20.7. The lowest BCUT2D eigenvalue weighted by Crippen LogP contribution is -2.22. The highest BCUT2D eigenvalue weighted by molar-refractivity contribution is 7.11. The van der Waals surface area contributed by atoms with E-state index in [0.29, 0.717) is 11.4 Å². The van der Waals surface area contributed by atoms with E-state index in [2.05, 4.69) is 10.1 Å². The summed E-state index contributed by atoms with van der Waals surface area (Å²) in [5.74, 6) is -0.530. The summed E-state index contributed by atoms with van der Waals surface area (Å²) in [4.78, 5) is 16.3. The van der Waals surface area contributed by atoms with Gasteiger partial charge in [-0.2, -0.15) is 16.3 Å². The van der Waals surface area contributed by atoms with E-state index in [-0.39, 0.29) is 12.3 Å². The highest BCUT2D eigenvalue weighted by atomic mass is 32.1. The first-order valence-corrected chi connectivity index (χ1v) is 8.27. The zero-order chi connectivity index (χ0) is 15.5. The van der Waals surface area contributed by atoms with Crippen LogP contribution in [0.5, 0.6) is 0 Å². The van der Waals surface area contributed by atoms with Crippen molar-refractivity contribution < 1.29 is 14.4 Å². The van der Waals surface area contributed by atoms with E-state index in [4.69, 9.17) is 4.52 Å². The van der Waals surface area contributed by atoms with Gasteiger partial charge < -0.3 is 14.4 Å². The molecule has 3 aromatic heterocycles. The van der Waals surface area contributed by atoms with Crippen LogP contribution in [-0.2, 0) is 4.79 Å². The van der Waals surface area contributed by atoms with Crippen LogP contribution >= 0.6 is 22.7 Å². The summed E-state index contributed by atoms with van der Waals surface area (Å²) in [6.45, 7) is 1.96. The van der Waals surface area contributed by atoms with Gasteiger partial charge in [0.1, 0.15) is 0 Å². The smallest absolute Gasteiger partial charge is 0.254 e. The molecule has 0 atom stereocenters. The number of aliphatic carboxylic acids is 1. The molecular weight excluding hydrogens is 320 g/mol. The lowest BCUT2D eigenvalue weighted by atomic mass is 10.1. The van der Waals surface area contributed by atoms with Crippen LogP contribution in [0.4, 0.5) is 0 Å². The molecule has 0 saturated carbocycles. The molecule has 3 rings (SSSR count). The van der Waals surface area contributed by atoms with Gasteiger partial charge in [0.05, 0.1) is 0 Å². The third kappa shape index (κ3) is 3.15. The molecule has 0 radical (unpaired) electrons. The van der Waals surface area contributed by atoms with E-state index in [0.717, 1.165) is 16.0 Å². The molecule has 0 aliphatic rings. The van der Waals surface area contributed by atoms with Gasteiger partial charge in [-0.05, 0) is 41.5 Å². The van der Waals surface area contributed by atoms with E-state index in [9.17, 15) is 9.90 Å². The number of carboxylic acids is 1. The number of hydrogen-bond donors (Lipinski definition) is 0. The second-order valence-corrected chi connectivity index (χ2v) is 6.35. The van der Waals surface area contributed by atoms with E-state index in [1.807, 2.05) is 35.2 Å². The fourth-order valence-electron chi connectivity index (χ4n) is 1.90. The molecule has 0 fully saturated rings. The fourth-order valence-corrected chi connectivity index (χ4v) is 3.41. The predicted octanol–water partition coefficient (Wildman–Crippen LogP) is 2.85. The second kappa shape index (κ2) is 6.25. The van der Waals surface area contributed by atoms with E-state index in [1.165, 1.54) is 22.7 Å². The minimum atomic E-state index is -1.18. The van der Waals surface area contributed by atoms with Gasteiger partial charge in [0.25, 0.3) is 5.89 Å². The van der Waals surface area contributed by atoms with Crippen molar-refractivity contribution in [3.63, 3.8) is 0 Å². The van der Waals surface area contributed by atoms with Crippen molar-refractivity contribution in [2.45, 2.75) is 13.3 Å². The van der Waals surface area contributed by atoms with E-state index in [1.54, 1.807) is 6.08 Å². The van der Waals surface area contributed by atoms with E-state index < -0.39 is 5.97 Å². The Hall–Kier alpha value is -2.25. The SMILES string of the molecule is Cc1ccsc1/C=C(\CC(=O)[O-])c1nc(-c2ccsc2)no1. The molecule has 0 N–H and O–H groups in total. The quantitative estimate of drug-likeness (QED) is 0.718. The normalized spacial score (nSPS) is 11.8. The van der Waals surface area contributed by atoms with Crippen LogP contribution in [0.1, 0.15) is 22.8 Å². The first-order valence-electron chi connectivity index (χ1n) is 6.44. The highest BCUT2D eigenvalue weighted by Crippen LogP contribution is 2.27. The van der Waals surface area contributed by atoms with Crippen molar-refractivity contribution in [1.29, 1.82) is 0 Å². The van der Waals surface area contributed by atoms with Gasteiger partial charge in [-0.25, -0.2) is 0 Å². The first kappa shape index (κ1) is 14.7. The largest absolute Gasteiger partial charge is 0.550 e. The number of aryl methyl sites for hydroxylation is 1. The average molecular weight is 331 g/mol. The highest BCUT2D eigenvalue weighted by Gasteiger charge is 2.14. The average Bonchev–Trinajstić information content (AvgIpc) is 3.18. The Kier molecular flexibility index (Phi) is 4.17. The third-order valence-corrected chi connectivity index (χ3v) is 4.67. The van der Waals surface area contributed by atoms with Gasteiger partial charge >= 0.3 is 0 Å². The Morgan fingerprint density at radius 1 is 1.41 bits per heavy atom. The molecule has 22 heavy (non-hydrogen) atoms. The van der Waals surface area contributed by atoms with Crippen LogP contribution in [-0.4, -0.2) is 16.1 Å². The zero-order valence-corrected chi connectivity index (χ0v) is 13.2. The number of rotatable bonds is 5. The maximum absolute atomic E-state index is 11.0. The van der Waals surface area contributed by atoms with Crippen LogP contribution in [0.2, 0.25) is 0 Å².